The van der Waals surface area contributed by atoms with Gasteiger partial charge in [0.1, 0.15) is 16.9 Å². The van der Waals surface area contributed by atoms with Crippen LogP contribution in [-0.4, -0.2) is 28.8 Å². The average molecular weight is 375 g/mol. The van der Waals surface area contributed by atoms with Crippen LogP contribution < -0.4 is 10.1 Å². The first-order valence-corrected chi connectivity index (χ1v) is 9.67. The number of nitrogens with one attached hydrogen (secondary N) is 1. The van der Waals surface area contributed by atoms with Crippen molar-refractivity contribution in [3.8, 4) is 5.75 Å². The van der Waals surface area contributed by atoms with Crippen molar-refractivity contribution >= 4 is 22.4 Å². The van der Waals surface area contributed by atoms with E-state index in [1.165, 1.54) is 16.9 Å². The number of hydrogen-bond donors (Lipinski definition) is 1. The monoisotopic (exact) mass is 375 g/mol. The fraction of sp³-hybridized carbons (Fsp3) is 0.526. The Hall–Kier alpha value is -1.99. The maximum Gasteiger partial charge on any atom is 0.266 e. The smallest absolute Gasteiger partial charge is 0.266 e. The average Bonchev–Trinajstić information content (AvgIpc) is 3.25. The lowest BCUT2D eigenvalue weighted by Crippen LogP contribution is -2.30. The number of nitrogens with zero attached hydrogens (tertiary/aromatic N) is 2. The summed E-state index contributed by atoms with van der Waals surface area (Å²) in [7, 11) is 0. The molecular weight excluding hydrogens is 350 g/mol. The molecule has 1 N–H and O–H groups in total. The second-order valence-electron chi connectivity index (χ2n) is 7.47. The molecule has 1 saturated heterocycles. The summed E-state index contributed by atoms with van der Waals surface area (Å²) in [6.07, 6.45) is 1.36. The minimum atomic E-state index is -0.634. The Morgan fingerprint density at radius 3 is 2.65 bits per heavy atom. The van der Waals surface area contributed by atoms with Gasteiger partial charge in [-0.15, -0.1) is 10.2 Å². The van der Waals surface area contributed by atoms with Crippen LogP contribution >= 0.6 is 11.3 Å². The Labute approximate surface area is 157 Å². The molecule has 140 valence electrons. The van der Waals surface area contributed by atoms with Crippen molar-refractivity contribution in [1.82, 2.24) is 10.2 Å². The Kier molecular flexibility index (Phi) is 5.58. The molecule has 1 fully saturated rings. The fourth-order valence-electron chi connectivity index (χ4n) is 2.69. The van der Waals surface area contributed by atoms with Gasteiger partial charge in [0.15, 0.2) is 6.10 Å². The number of anilines is 1. The molecule has 0 radical (unpaired) electrons. The third-order valence-electron chi connectivity index (χ3n) is 4.28. The van der Waals surface area contributed by atoms with Crippen LogP contribution in [0, 0.1) is 0 Å². The van der Waals surface area contributed by atoms with E-state index in [1.54, 1.807) is 6.92 Å². The van der Waals surface area contributed by atoms with Crippen LogP contribution in [0.2, 0.25) is 0 Å². The van der Waals surface area contributed by atoms with Gasteiger partial charge in [-0.05, 0) is 42.9 Å². The molecule has 26 heavy (non-hydrogen) atoms. The summed E-state index contributed by atoms with van der Waals surface area (Å²) in [4.78, 5) is 12.3. The van der Waals surface area contributed by atoms with Gasteiger partial charge in [-0.25, -0.2) is 0 Å². The zero-order chi connectivity index (χ0) is 18.7. The van der Waals surface area contributed by atoms with Crippen LogP contribution in [0.15, 0.2) is 24.3 Å². The lowest BCUT2D eigenvalue weighted by atomic mass is 9.87. The van der Waals surface area contributed by atoms with Crippen molar-refractivity contribution < 1.29 is 14.3 Å². The van der Waals surface area contributed by atoms with E-state index < -0.39 is 6.10 Å². The number of carbonyl (C=O) groups excluding carboxylic acids is 1. The van der Waals surface area contributed by atoms with Gasteiger partial charge in [-0.2, -0.15) is 0 Å². The molecule has 0 aliphatic carbocycles. The summed E-state index contributed by atoms with van der Waals surface area (Å²) in [5.74, 6) is 0.415. The normalized spacial score (nSPS) is 18.5. The molecule has 2 atom stereocenters. The highest BCUT2D eigenvalue weighted by atomic mass is 32.1. The highest BCUT2D eigenvalue weighted by molar-refractivity contribution is 7.15. The summed E-state index contributed by atoms with van der Waals surface area (Å²) >= 11 is 1.35. The zero-order valence-electron chi connectivity index (χ0n) is 15.6. The largest absolute Gasteiger partial charge is 0.481 e. The molecule has 2 heterocycles. The number of aromatic nitrogens is 2. The third-order valence-corrected chi connectivity index (χ3v) is 5.21. The minimum absolute atomic E-state index is 0.00755. The molecule has 1 aromatic carbocycles. The van der Waals surface area contributed by atoms with E-state index in [1.807, 2.05) is 24.3 Å². The maximum atomic E-state index is 12.3. The summed E-state index contributed by atoms with van der Waals surface area (Å²) in [5.41, 5.74) is 1.30. The van der Waals surface area contributed by atoms with Gasteiger partial charge in [0.05, 0.1) is 0 Å². The topological polar surface area (TPSA) is 73.3 Å². The van der Waals surface area contributed by atoms with Gasteiger partial charge in [-0.3, -0.25) is 10.1 Å². The van der Waals surface area contributed by atoms with Gasteiger partial charge < -0.3 is 9.47 Å². The molecular formula is C19H25N3O3S. The van der Waals surface area contributed by atoms with E-state index in [4.69, 9.17) is 9.47 Å². The van der Waals surface area contributed by atoms with E-state index in [0.717, 1.165) is 24.5 Å². The van der Waals surface area contributed by atoms with Crippen LogP contribution in [0.3, 0.4) is 0 Å². The molecule has 1 aliphatic heterocycles. The molecule has 1 aromatic heterocycles. The Bertz CT molecular complexity index is 746. The van der Waals surface area contributed by atoms with Crippen molar-refractivity contribution in [3.63, 3.8) is 0 Å². The summed E-state index contributed by atoms with van der Waals surface area (Å²) in [6, 6.07) is 7.84. The van der Waals surface area contributed by atoms with E-state index >= 15 is 0 Å². The molecule has 2 aromatic rings. The van der Waals surface area contributed by atoms with Crippen LogP contribution in [-0.2, 0) is 14.9 Å². The lowest BCUT2D eigenvalue weighted by Gasteiger charge is -2.20. The summed E-state index contributed by atoms with van der Waals surface area (Å²) in [5, 5.41) is 12.2. The van der Waals surface area contributed by atoms with E-state index in [9.17, 15) is 4.79 Å². The molecule has 0 saturated carbocycles. The predicted octanol–water partition coefficient (Wildman–Crippen LogP) is 4.09. The molecule has 7 heteroatoms. The van der Waals surface area contributed by atoms with Gasteiger partial charge in [0.25, 0.3) is 5.91 Å². The highest BCUT2D eigenvalue weighted by Gasteiger charge is 2.23. The molecule has 0 spiro atoms. The Morgan fingerprint density at radius 2 is 2.04 bits per heavy atom. The predicted molar refractivity (Wildman–Crippen MR) is 102 cm³/mol. The van der Waals surface area contributed by atoms with Crippen molar-refractivity contribution in [3.05, 3.63) is 34.8 Å². The number of hydrogen-bond acceptors (Lipinski definition) is 6. The molecule has 1 amide bonds. The lowest BCUT2D eigenvalue weighted by molar-refractivity contribution is -0.122. The number of carbonyl (C=O) groups is 1. The first-order valence-electron chi connectivity index (χ1n) is 8.86. The SMILES string of the molecule is CC(Oc1ccc(C(C)(C)C)cc1)C(=O)Nc1nnc(C2CCCO2)s1. The number of amides is 1. The van der Waals surface area contributed by atoms with Gasteiger partial charge in [-0.1, -0.05) is 44.2 Å². The van der Waals surface area contributed by atoms with E-state index in [2.05, 4.69) is 36.3 Å². The second-order valence-corrected chi connectivity index (χ2v) is 8.48. The van der Waals surface area contributed by atoms with Gasteiger partial charge in [0.2, 0.25) is 5.13 Å². The number of benzene rings is 1. The first kappa shape index (κ1) is 18.8. The van der Waals surface area contributed by atoms with Crippen molar-refractivity contribution in [2.45, 2.75) is 58.2 Å². The third kappa shape index (κ3) is 4.59. The van der Waals surface area contributed by atoms with Gasteiger partial charge in [0, 0.05) is 6.61 Å². The first-order chi connectivity index (χ1) is 12.3. The summed E-state index contributed by atoms with van der Waals surface area (Å²) < 4.78 is 11.3. The van der Waals surface area contributed by atoms with Crippen LogP contribution in [0.1, 0.15) is 57.2 Å². The molecule has 3 rings (SSSR count). The highest BCUT2D eigenvalue weighted by Crippen LogP contribution is 2.32. The maximum absolute atomic E-state index is 12.3. The quantitative estimate of drug-likeness (QED) is 0.852. The minimum Gasteiger partial charge on any atom is -0.481 e. The molecule has 2 unspecified atom stereocenters. The van der Waals surface area contributed by atoms with Crippen LogP contribution in [0.4, 0.5) is 5.13 Å². The second kappa shape index (κ2) is 7.72. The number of rotatable bonds is 5. The van der Waals surface area contributed by atoms with Crippen molar-refractivity contribution in [1.29, 1.82) is 0 Å². The standard InChI is InChI=1S/C19H25N3O3S/c1-12(25-14-9-7-13(8-10-14)19(2,3)4)16(23)20-18-22-21-17(26-18)15-6-5-11-24-15/h7-10,12,15H,5-6,11H2,1-4H3,(H,20,22,23). The van der Waals surface area contributed by atoms with E-state index in [-0.39, 0.29) is 17.4 Å². The molecule has 0 bridgehead atoms. The fourth-order valence-corrected chi connectivity index (χ4v) is 3.52. The van der Waals surface area contributed by atoms with Gasteiger partial charge >= 0.3 is 0 Å². The van der Waals surface area contributed by atoms with Crippen LogP contribution in [0.5, 0.6) is 5.75 Å². The number of ether oxygens (including phenoxy) is 2. The van der Waals surface area contributed by atoms with Crippen molar-refractivity contribution in [2.24, 2.45) is 0 Å². The van der Waals surface area contributed by atoms with E-state index in [0.29, 0.717) is 10.9 Å². The Balaban J connectivity index is 1.56. The van der Waals surface area contributed by atoms with Crippen molar-refractivity contribution in [2.75, 3.05) is 11.9 Å². The summed E-state index contributed by atoms with van der Waals surface area (Å²) in [6.45, 7) is 8.95. The molecule has 1 aliphatic rings. The van der Waals surface area contributed by atoms with Crippen LogP contribution in [0.25, 0.3) is 0 Å². The Morgan fingerprint density at radius 1 is 1.31 bits per heavy atom. The molecule has 6 nitrogen and oxygen atoms in total. The zero-order valence-corrected chi connectivity index (χ0v) is 16.4.